The fraction of sp³-hybridized carbons (Fsp3) is 0.860. The lowest BCUT2D eigenvalue weighted by molar-refractivity contribution is -0.151. The predicted molar refractivity (Wildman–Crippen MR) is 209 cm³/mol. The van der Waals surface area contributed by atoms with Gasteiger partial charge in [0.25, 0.3) is 0 Å². The van der Waals surface area contributed by atoms with Gasteiger partial charge < -0.3 is 20.3 Å². The van der Waals surface area contributed by atoms with Gasteiger partial charge in [0.15, 0.2) is 0 Å². The fourth-order valence-corrected chi connectivity index (χ4v) is 6.35. The van der Waals surface area contributed by atoms with Crippen LogP contribution in [0.5, 0.6) is 0 Å². The van der Waals surface area contributed by atoms with Crippen LogP contribution in [-0.2, 0) is 14.3 Å². The van der Waals surface area contributed by atoms with E-state index in [1.54, 1.807) is 0 Å². The molecule has 3 unspecified atom stereocenters. The van der Waals surface area contributed by atoms with E-state index in [4.69, 9.17) is 4.74 Å². The van der Waals surface area contributed by atoms with Gasteiger partial charge in [-0.3, -0.25) is 9.59 Å². The number of amides is 1. The number of allylic oxidation sites excluding steroid dienone is 4. The molecule has 6 heteroatoms. The van der Waals surface area contributed by atoms with Crippen LogP contribution < -0.4 is 5.32 Å². The van der Waals surface area contributed by atoms with Gasteiger partial charge in [-0.05, 0) is 51.4 Å². The first-order valence-corrected chi connectivity index (χ1v) is 21.1. The van der Waals surface area contributed by atoms with Crippen molar-refractivity contribution < 1.29 is 24.5 Å². The van der Waals surface area contributed by atoms with Crippen LogP contribution in [0.15, 0.2) is 24.3 Å². The van der Waals surface area contributed by atoms with Gasteiger partial charge in [-0.1, -0.05) is 173 Å². The molecule has 3 atom stereocenters. The number of ether oxygens (including phenoxy) is 1. The highest BCUT2D eigenvalue weighted by Crippen LogP contribution is 2.17. The van der Waals surface area contributed by atoms with Crippen molar-refractivity contribution in [3.63, 3.8) is 0 Å². The Bertz CT molecular complexity index is 782. The van der Waals surface area contributed by atoms with Crippen LogP contribution in [0.25, 0.3) is 0 Å². The summed E-state index contributed by atoms with van der Waals surface area (Å²) in [4.78, 5) is 25.8. The molecule has 0 saturated carbocycles. The van der Waals surface area contributed by atoms with Gasteiger partial charge >= 0.3 is 5.97 Å². The van der Waals surface area contributed by atoms with Crippen LogP contribution in [0.3, 0.4) is 0 Å². The SMILES string of the molecule is CC/C=C/C/C=C/CCCCCCCC(CC(=O)NC(CO)C(O)CCCCCCCCCCC)OC(=O)CCCCCCCCCCC. The average molecular weight is 692 g/mol. The van der Waals surface area contributed by atoms with Gasteiger partial charge in [0.05, 0.1) is 25.2 Å². The van der Waals surface area contributed by atoms with E-state index in [1.165, 1.54) is 89.9 Å². The van der Waals surface area contributed by atoms with E-state index >= 15 is 0 Å². The lowest BCUT2D eigenvalue weighted by Crippen LogP contribution is -2.46. The molecule has 6 nitrogen and oxygen atoms in total. The number of carbonyl (C=O) groups excluding carboxylic acids is 2. The summed E-state index contributed by atoms with van der Waals surface area (Å²) in [6.45, 7) is 6.32. The molecule has 0 bridgehead atoms. The van der Waals surface area contributed by atoms with Crippen molar-refractivity contribution in [2.45, 2.75) is 232 Å². The minimum atomic E-state index is -0.784. The van der Waals surface area contributed by atoms with Crippen molar-refractivity contribution in [1.82, 2.24) is 5.32 Å². The molecule has 0 fully saturated rings. The molecular formula is C43H81NO5. The highest BCUT2D eigenvalue weighted by Gasteiger charge is 2.24. The van der Waals surface area contributed by atoms with E-state index in [0.29, 0.717) is 19.3 Å². The molecule has 0 radical (unpaired) electrons. The van der Waals surface area contributed by atoms with Gasteiger partial charge in [0, 0.05) is 6.42 Å². The zero-order valence-corrected chi connectivity index (χ0v) is 32.6. The largest absolute Gasteiger partial charge is 0.462 e. The van der Waals surface area contributed by atoms with E-state index < -0.39 is 18.2 Å². The number of aliphatic hydroxyl groups excluding tert-OH is 2. The summed E-state index contributed by atoms with van der Waals surface area (Å²) >= 11 is 0. The number of hydrogen-bond donors (Lipinski definition) is 3. The summed E-state index contributed by atoms with van der Waals surface area (Å²) < 4.78 is 5.86. The normalized spacial score (nSPS) is 13.7. The molecule has 0 rings (SSSR count). The summed E-state index contributed by atoms with van der Waals surface area (Å²) in [5.41, 5.74) is 0. The molecule has 0 saturated heterocycles. The van der Waals surface area contributed by atoms with Crippen LogP contribution in [0.2, 0.25) is 0 Å². The van der Waals surface area contributed by atoms with Crippen molar-refractivity contribution in [2.24, 2.45) is 0 Å². The Morgan fingerprint density at radius 3 is 1.65 bits per heavy atom. The maximum atomic E-state index is 13.0. The summed E-state index contributed by atoms with van der Waals surface area (Å²) in [7, 11) is 0. The van der Waals surface area contributed by atoms with Gasteiger partial charge in [0.1, 0.15) is 6.10 Å². The van der Waals surface area contributed by atoms with Gasteiger partial charge in [0.2, 0.25) is 5.91 Å². The zero-order chi connectivity index (χ0) is 36.0. The molecule has 3 N–H and O–H groups in total. The number of hydrogen-bond acceptors (Lipinski definition) is 5. The standard InChI is InChI=1S/C43H81NO5/c1-4-7-10-13-16-19-20-21-24-25-28-31-34-39(49-43(48)36-33-30-27-23-18-15-12-9-6-3)37-42(47)44-40(38-45)41(46)35-32-29-26-22-17-14-11-8-5-2/h7,10,16,19,39-41,45-46H,4-6,8-9,11-15,17-18,20-38H2,1-3H3,(H,44,47)/b10-7+,19-16+. The first-order valence-electron chi connectivity index (χ1n) is 21.1. The van der Waals surface area contributed by atoms with Crippen LogP contribution >= 0.6 is 0 Å². The zero-order valence-electron chi connectivity index (χ0n) is 32.6. The van der Waals surface area contributed by atoms with Crippen molar-refractivity contribution in [2.75, 3.05) is 6.61 Å². The number of unbranched alkanes of at least 4 members (excludes halogenated alkanes) is 21. The summed E-state index contributed by atoms with van der Waals surface area (Å²) in [5.74, 6) is -0.489. The monoisotopic (exact) mass is 692 g/mol. The minimum absolute atomic E-state index is 0.0715. The van der Waals surface area contributed by atoms with Gasteiger partial charge in [-0.2, -0.15) is 0 Å². The molecule has 1 amide bonds. The number of esters is 1. The topological polar surface area (TPSA) is 95.9 Å². The molecule has 0 heterocycles. The van der Waals surface area contributed by atoms with E-state index in [2.05, 4.69) is 50.4 Å². The summed E-state index contributed by atoms with van der Waals surface area (Å²) in [6.07, 6.45) is 39.5. The molecule has 0 aromatic heterocycles. The van der Waals surface area contributed by atoms with Crippen LogP contribution in [-0.4, -0.2) is 46.9 Å². The van der Waals surface area contributed by atoms with Crippen molar-refractivity contribution in [1.29, 1.82) is 0 Å². The first-order chi connectivity index (χ1) is 24.0. The van der Waals surface area contributed by atoms with E-state index in [9.17, 15) is 19.8 Å². The Labute approximate surface area is 303 Å². The number of aliphatic hydroxyl groups is 2. The molecule has 288 valence electrons. The lowest BCUT2D eigenvalue weighted by Gasteiger charge is -2.24. The Balaban J connectivity index is 4.62. The minimum Gasteiger partial charge on any atom is -0.462 e. The molecule has 0 aliphatic carbocycles. The first kappa shape index (κ1) is 47.3. The van der Waals surface area contributed by atoms with E-state index in [0.717, 1.165) is 77.0 Å². The molecule has 0 aromatic rings. The van der Waals surface area contributed by atoms with Crippen LogP contribution in [0.1, 0.15) is 213 Å². The molecule has 0 aliphatic heterocycles. The highest BCUT2D eigenvalue weighted by atomic mass is 16.5. The maximum Gasteiger partial charge on any atom is 0.306 e. The third kappa shape index (κ3) is 33.3. The average Bonchev–Trinajstić information content (AvgIpc) is 3.09. The van der Waals surface area contributed by atoms with Gasteiger partial charge in [-0.25, -0.2) is 0 Å². The molecule has 0 spiro atoms. The predicted octanol–water partition coefficient (Wildman–Crippen LogP) is 11.6. The van der Waals surface area contributed by atoms with Crippen molar-refractivity contribution in [3.8, 4) is 0 Å². The fourth-order valence-electron chi connectivity index (χ4n) is 6.35. The van der Waals surface area contributed by atoms with Crippen molar-refractivity contribution in [3.05, 3.63) is 24.3 Å². The Hall–Kier alpha value is -1.66. The lowest BCUT2D eigenvalue weighted by atomic mass is 10.0. The smallest absolute Gasteiger partial charge is 0.306 e. The Morgan fingerprint density at radius 1 is 0.612 bits per heavy atom. The maximum absolute atomic E-state index is 13.0. The number of nitrogens with one attached hydrogen (secondary N) is 1. The summed E-state index contributed by atoms with van der Waals surface area (Å²) in [6, 6.07) is -0.698. The van der Waals surface area contributed by atoms with E-state index in [1.807, 2.05) is 0 Å². The van der Waals surface area contributed by atoms with Crippen LogP contribution in [0, 0.1) is 0 Å². The Kier molecular flexibility index (Phi) is 36.3. The number of carbonyl (C=O) groups is 2. The third-order valence-corrected chi connectivity index (χ3v) is 9.54. The quantitative estimate of drug-likeness (QED) is 0.0342. The Morgan fingerprint density at radius 2 is 1.10 bits per heavy atom. The van der Waals surface area contributed by atoms with Crippen LogP contribution in [0.4, 0.5) is 0 Å². The van der Waals surface area contributed by atoms with E-state index in [-0.39, 0.29) is 24.9 Å². The molecular weight excluding hydrogens is 610 g/mol. The van der Waals surface area contributed by atoms with Gasteiger partial charge in [-0.15, -0.1) is 0 Å². The molecule has 49 heavy (non-hydrogen) atoms. The second-order valence-corrected chi connectivity index (χ2v) is 14.4. The number of rotatable bonds is 37. The second kappa shape index (κ2) is 37.6. The highest BCUT2D eigenvalue weighted by molar-refractivity contribution is 5.77. The third-order valence-electron chi connectivity index (χ3n) is 9.54. The molecule has 0 aromatic carbocycles. The second-order valence-electron chi connectivity index (χ2n) is 14.4. The molecule has 0 aliphatic rings. The summed E-state index contributed by atoms with van der Waals surface area (Å²) in [5, 5.41) is 23.5. The van der Waals surface area contributed by atoms with Crippen molar-refractivity contribution >= 4 is 11.9 Å².